The van der Waals surface area contributed by atoms with E-state index in [4.69, 9.17) is 4.74 Å². The molecule has 5 nitrogen and oxygen atoms in total. The van der Waals surface area contributed by atoms with Gasteiger partial charge in [0.05, 0.1) is 12.2 Å². The number of aromatic nitrogens is 1. The van der Waals surface area contributed by atoms with E-state index in [1.54, 1.807) is 0 Å². The van der Waals surface area contributed by atoms with Gasteiger partial charge >= 0.3 is 0 Å². The van der Waals surface area contributed by atoms with Crippen LogP contribution in [-0.2, 0) is 11.3 Å². The fourth-order valence-electron chi connectivity index (χ4n) is 3.24. The van der Waals surface area contributed by atoms with E-state index in [2.05, 4.69) is 29.0 Å². The summed E-state index contributed by atoms with van der Waals surface area (Å²) >= 11 is 0. The number of hydrogen-bond donors (Lipinski definition) is 1. The molecule has 0 radical (unpaired) electrons. The molecule has 1 aliphatic rings. The van der Waals surface area contributed by atoms with E-state index >= 15 is 0 Å². The summed E-state index contributed by atoms with van der Waals surface area (Å²) in [4.78, 5) is 19.1. The van der Waals surface area contributed by atoms with E-state index < -0.39 is 0 Å². The number of carbonyl (C=O) groups is 1. The Morgan fingerprint density at radius 3 is 2.50 bits per heavy atom. The van der Waals surface area contributed by atoms with Crippen LogP contribution >= 0.6 is 0 Å². The molecule has 0 bridgehead atoms. The number of carbonyl (C=O) groups excluding carboxylic acids is 1. The van der Waals surface area contributed by atoms with E-state index in [0.29, 0.717) is 12.1 Å². The number of pyridine rings is 1. The summed E-state index contributed by atoms with van der Waals surface area (Å²) in [7, 11) is 0. The quantitative estimate of drug-likeness (QED) is 0.917. The lowest BCUT2D eigenvalue weighted by Gasteiger charge is -2.36. The third-order valence-corrected chi connectivity index (χ3v) is 4.77. The van der Waals surface area contributed by atoms with E-state index in [-0.39, 0.29) is 18.1 Å². The molecule has 26 heavy (non-hydrogen) atoms. The van der Waals surface area contributed by atoms with Crippen molar-refractivity contribution in [1.29, 1.82) is 0 Å². The van der Waals surface area contributed by atoms with Crippen molar-refractivity contribution in [2.24, 2.45) is 0 Å². The van der Waals surface area contributed by atoms with Gasteiger partial charge in [-0.05, 0) is 62.6 Å². The minimum Gasteiger partial charge on any atom is -0.372 e. The minimum atomic E-state index is -0.0620. The number of ether oxygens (including phenoxy) is 1. The van der Waals surface area contributed by atoms with Gasteiger partial charge in [-0.25, -0.2) is 4.98 Å². The summed E-state index contributed by atoms with van der Waals surface area (Å²) in [5.74, 6) is 0.893. The summed E-state index contributed by atoms with van der Waals surface area (Å²) < 4.78 is 5.77. The van der Waals surface area contributed by atoms with E-state index in [0.717, 1.165) is 30.0 Å². The van der Waals surface area contributed by atoms with Crippen LogP contribution in [0.1, 0.15) is 40.9 Å². The number of benzene rings is 1. The Bertz CT molecular complexity index is 763. The van der Waals surface area contributed by atoms with Crippen molar-refractivity contribution in [1.82, 2.24) is 10.3 Å². The molecule has 2 heterocycles. The summed E-state index contributed by atoms with van der Waals surface area (Å²) in [5.41, 5.74) is 3.99. The molecular formula is C21H27N3O2. The number of nitrogens with one attached hydrogen (secondary N) is 1. The van der Waals surface area contributed by atoms with Gasteiger partial charge in [-0.15, -0.1) is 0 Å². The van der Waals surface area contributed by atoms with Gasteiger partial charge in [0.15, 0.2) is 0 Å². The Labute approximate surface area is 155 Å². The molecule has 5 heteroatoms. The number of nitrogens with zero attached hydrogens (tertiary/aromatic N) is 2. The molecule has 1 amide bonds. The van der Waals surface area contributed by atoms with Crippen LogP contribution in [0.5, 0.6) is 0 Å². The fraction of sp³-hybridized carbons (Fsp3) is 0.429. The highest BCUT2D eigenvalue weighted by atomic mass is 16.5. The highest BCUT2D eigenvalue weighted by Gasteiger charge is 2.22. The zero-order chi connectivity index (χ0) is 18.7. The highest BCUT2D eigenvalue weighted by Crippen LogP contribution is 2.18. The molecule has 0 spiro atoms. The summed E-state index contributed by atoms with van der Waals surface area (Å²) in [5, 5.41) is 2.96. The summed E-state index contributed by atoms with van der Waals surface area (Å²) in [6, 6.07) is 9.80. The largest absolute Gasteiger partial charge is 0.372 e. The Balaban J connectivity index is 1.59. The fourth-order valence-corrected chi connectivity index (χ4v) is 3.24. The second kappa shape index (κ2) is 7.87. The SMILES string of the molecule is Cc1ccc(C(=O)NCc2ccc(N3CC(C)OC(C)C3)nc2)cc1C. The molecule has 3 rings (SSSR count). The van der Waals surface area contributed by atoms with E-state index in [1.165, 1.54) is 5.56 Å². The Morgan fingerprint density at radius 2 is 1.88 bits per heavy atom. The van der Waals surface area contributed by atoms with Crippen LogP contribution < -0.4 is 10.2 Å². The molecule has 2 atom stereocenters. The molecule has 2 aromatic rings. The molecule has 0 saturated carbocycles. The van der Waals surface area contributed by atoms with E-state index in [1.807, 2.05) is 50.4 Å². The zero-order valence-electron chi connectivity index (χ0n) is 16.0. The van der Waals surface area contributed by atoms with Gasteiger partial charge in [0, 0.05) is 31.4 Å². The first kappa shape index (κ1) is 18.4. The number of amides is 1. The normalized spacial score (nSPS) is 20.1. The average Bonchev–Trinajstić information content (AvgIpc) is 2.61. The first-order valence-electron chi connectivity index (χ1n) is 9.13. The number of aryl methyl sites for hydroxylation is 2. The maximum absolute atomic E-state index is 12.3. The number of hydrogen-bond acceptors (Lipinski definition) is 4. The van der Waals surface area contributed by atoms with Crippen molar-refractivity contribution in [2.45, 2.75) is 46.4 Å². The third-order valence-electron chi connectivity index (χ3n) is 4.77. The Morgan fingerprint density at radius 1 is 1.15 bits per heavy atom. The van der Waals surface area contributed by atoms with Crippen LogP contribution in [0.15, 0.2) is 36.5 Å². The monoisotopic (exact) mass is 353 g/mol. The maximum atomic E-state index is 12.3. The van der Waals surface area contributed by atoms with Crippen molar-refractivity contribution in [3.63, 3.8) is 0 Å². The van der Waals surface area contributed by atoms with Crippen LogP contribution in [0.25, 0.3) is 0 Å². The zero-order valence-corrected chi connectivity index (χ0v) is 16.0. The standard InChI is InChI=1S/C21H27N3O2/c1-14-5-7-19(9-15(14)2)21(25)23-11-18-6-8-20(22-10-18)24-12-16(3)26-17(4)13-24/h5-10,16-17H,11-13H2,1-4H3,(H,23,25). The minimum absolute atomic E-state index is 0.0620. The van der Waals surface area contributed by atoms with Crippen LogP contribution in [0.4, 0.5) is 5.82 Å². The van der Waals surface area contributed by atoms with Crippen molar-refractivity contribution < 1.29 is 9.53 Å². The molecule has 1 aliphatic heterocycles. The van der Waals surface area contributed by atoms with Gasteiger partial charge in [-0.3, -0.25) is 4.79 Å². The highest BCUT2D eigenvalue weighted by molar-refractivity contribution is 5.94. The van der Waals surface area contributed by atoms with Crippen molar-refractivity contribution in [2.75, 3.05) is 18.0 Å². The maximum Gasteiger partial charge on any atom is 0.251 e. The predicted octanol–water partition coefficient (Wildman–Crippen LogP) is 3.24. The molecule has 1 N–H and O–H groups in total. The van der Waals surface area contributed by atoms with E-state index in [9.17, 15) is 4.79 Å². The van der Waals surface area contributed by atoms with Crippen LogP contribution in [-0.4, -0.2) is 36.2 Å². The van der Waals surface area contributed by atoms with Gasteiger partial charge in [0.1, 0.15) is 5.82 Å². The third kappa shape index (κ3) is 4.41. The second-order valence-corrected chi connectivity index (χ2v) is 7.17. The Kier molecular flexibility index (Phi) is 5.57. The van der Waals surface area contributed by atoms with Crippen LogP contribution in [0.2, 0.25) is 0 Å². The summed E-state index contributed by atoms with van der Waals surface area (Å²) in [6.45, 7) is 10.4. The lowest BCUT2D eigenvalue weighted by molar-refractivity contribution is -0.00546. The van der Waals surface area contributed by atoms with Crippen molar-refractivity contribution in [3.8, 4) is 0 Å². The van der Waals surface area contributed by atoms with Crippen LogP contribution in [0, 0.1) is 13.8 Å². The molecule has 2 unspecified atom stereocenters. The van der Waals surface area contributed by atoms with Gasteiger partial charge in [0.25, 0.3) is 5.91 Å². The van der Waals surface area contributed by atoms with Crippen LogP contribution in [0.3, 0.4) is 0 Å². The predicted molar refractivity (Wildman–Crippen MR) is 104 cm³/mol. The first-order valence-corrected chi connectivity index (χ1v) is 9.13. The molecule has 1 saturated heterocycles. The van der Waals surface area contributed by atoms with Crippen molar-refractivity contribution >= 4 is 11.7 Å². The Hall–Kier alpha value is -2.40. The average molecular weight is 353 g/mol. The lowest BCUT2D eigenvalue weighted by Crippen LogP contribution is -2.45. The number of rotatable bonds is 4. The molecule has 1 fully saturated rings. The first-order chi connectivity index (χ1) is 12.4. The molecule has 0 aliphatic carbocycles. The number of morpholine rings is 1. The smallest absolute Gasteiger partial charge is 0.251 e. The lowest BCUT2D eigenvalue weighted by atomic mass is 10.1. The second-order valence-electron chi connectivity index (χ2n) is 7.17. The molecule has 1 aromatic carbocycles. The molecule has 1 aromatic heterocycles. The van der Waals surface area contributed by atoms with Gasteiger partial charge in [0.2, 0.25) is 0 Å². The number of anilines is 1. The molecular weight excluding hydrogens is 326 g/mol. The van der Waals surface area contributed by atoms with Gasteiger partial charge in [-0.2, -0.15) is 0 Å². The van der Waals surface area contributed by atoms with Gasteiger partial charge in [-0.1, -0.05) is 12.1 Å². The molecule has 138 valence electrons. The summed E-state index contributed by atoms with van der Waals surface area (Å²) in [6.07, 6.45) is 2.25. The van der Waals surface area contributed by atoms with Crippen molar-refractivity contribution in [3.05, 3.63) is 58.8 Å². The van der Waals surface area contributed by atoms with Gasteiger partial charge < -0.3 is 15.0 Å². The topological polar surface area (TPSA) is 54.5 Å².